The van der Waals surface area contributed by atoms with Crippen LogP contribution in [-0.2, 0) is 4.79 Å². The van der Waals surface area contributed by atoms with Gasteiger partial charge < -0.3 is 4.74 Å². The summed E-state index contributed by atoms with van der Waals surface area (Å²) in [6.45, 7) is 4.25. The second kappa shape index (κ2) is 4.58. The zero-order valence-electron chi connectivity index (χ0n) is 9.55. The molecule has 0 aliphatic heterocycles. The fourth-order valence-corrected chi connectivity index (χ4v) is 1.90. The first-order valence-electron chi connectivity index (χ1n) is 5.50. The van der Waals surface area contributed by atoms with Crippen LogP contribution in [0.15, 0.2) is 16.6 Å². The van der Waals surface area contributed by atoms with Crippen LogP contribution >= 0.6 is 15.9 Å². The van der Waals surface area contributed by atoms with Gasteiger partial charge in [0.25, 0.3) is 0 Å². The molecule has 16 heavy (non-hydrogen) atoms. The largest absolute Gasteiger partial charge is 0.486 e. The van der Waals surface area contributed by atoms with Gasteiger partial charge in [0.2, 0.25) is 0 Å². The van der Waals surface area contributed by atoms with Crippen molar-refractivity contribution in [3.63, 3.8) is 0 Å². The van der Waals surface area contributed by atoms with E-state index in [9.17, 15) is 4.79 Å². The van der Waals surface area contributed by atoms with Crippen LogP contribution in [0.1, 0.15) is 24.0 Å². The maximum absolute atomic E-state index is 11.5. The number of carbonyl (C=O) groups excluding carboxylic acids is 1. The van der Waals surface area contributed by atoms with Crippen molar-refractivity contribution in [1.82, 2.24) is 0 Å². The minimum Gasteiger partial charge on any atom is -0.486 e. The highest BCUT2D eigenvalue weighted by molar-refractivity contribution is 9.10. The standard InChI is InChI=1S/C13H15BrO2/c1-8-5-11(6-9(2)13(8)14)16-7-12(15)10-3-4-10/h5-6,10H,3-4,7H2,1-2H3. The SMILES string of the molecule is Cc1cc(OCC(=O)C2CC2)cc(C)c1Br. The lowest BCUT2D eigenvalue weighted by atomic mass is 10.1. The normalized spacial score (nSPS) is 14.9. The molecular weight excluding hydrogens is 268 g/mol. The molecule has 1 saturated carbocycles. The molecule has 1 aromatic rings. The Kier molecular flexibility index (Phi) is 3.33. The average Bonchev–Trinajstić information content (AvgIpc) is 3.05. The molecule has 2 nitrogen and oxygen atoms in total. The van der Waals surface area contributed by atoms with E-state index in [1.54, 1.807) is 0 Å². The smallest absolute Gasteiger partial charge is 0.173 e. The number of hydrogen-bond acceptors (Lipinski definition) is 2. The van der Waals surface area contributed by atoms with Crippen molar-refractivity contribution in [2.45, 2.75) is 26.7 Å². The Morgan fingerprint density at radius 2 is 1.94 bits per heavy atom. The molecule has 2 rings (SSSR count). The van der Waals surface area contributed by atoms with Gasteiger partial charge in [-0.05, 0) is 49.9 Å². The van der Waals surface area contributed by atoms with Crippen molar-refractivity contribution in [1.29, 1.82) is 0 Å². The molecule has 0 unspecified atom stereocenters. The Hall–Kier alpha value is -0.830. The molecule has 0 saturated heterocycles. The molecule has 1 aliphatic rings. The predicted octanol–water partition coefficient (Wildman–Crippen LogP) is 3.42. The Labute approximate surface area is 104 Å². The summed E-state index contributed by atoms with van der Waals surface area (Å²) in [5, 5.41) is 0. The van der Waals surface area contributed by atoms with Gasteiger partial charge >= 0.3 is 0 Å². The number of halogens is 1. The third-order valence-electron chi connectivity index (χ3n) is 2.82. The second-order valence-electron chi connectivity index (χ2n) is 4.40. The van der Waals surface area contributed by atoms with Crippen LogP contribution in [0.2, 0.25) is 0 Å². The lowest BCUT2D eigenvalue weighted by Crippen LogP contribution is -2.12. The van der Waals surface area contributed by atoms with E-state index in [1.807, 2.05) is 26.0 Å². The summed E-state index contributed by atoms with van der Waals surface area (Å²) in [5.41, 5.74) is 2.27. The number of ketones is 1. The first-order valence-corrected chi connectivity index (χ1v) is 6.29. The number of hydrogen-bond donors (Lipinski definition) is 0. The molecular formula is C13H15BrO2. The van der Waals surface area contributed by atoms with Crippen molar-refractivity contribution < 1.29 is 9.53 Å². The van der Waals surface area contributed by atoms with Crippen molar-refractivity contribution in [2.75, 3.05) is 6.61 Å². The van der Waals surface area contributed by atoms with E-state index in [1.165, 1.54) is 0 Å². The maximum atomic E-state index is 11.5. The molecule has 1 aromatic carbocycles. The topological polar surface area (TPSA) is 26.3 Å². The summed E-state index contributed by atoms with van der Waals surface area (Å²) in [4.78, 5) is 11.5. The number of carbonyl (C=O) groups is 1. The number of ether oxygens (including phenoxy) is 1. The van der Waals surface area contributed by atoms with E-state index < -0.39 is 0 Å². The van der Waals surface area contributed by atoms with E-state index >= 15 is 0 Å². The quantitative estimate of drug-likeness (QED) is 0.846. The first kappa shape index (κ1) is 11.6. The highest BCUT2D eigenvalue weighted by Gasteiger charge is 2.29. The predicted molar refractivity (Wildman–Crippen MR) is 66.8 cm³/mol. The molecule has 1 fully saturated rings. The molecule has 1 aliphatic carbocycles. The van der Waals surface area contributed by atoms with Gasteiger partial charge in [-0.3, -0.25) is 4.79 Å². The van der Waals surface area contributed by atoms with Gasteiger partial charge in [0, 0.05) is 10.4 Å². The van der Waals surface area contributed by atoms with E-state index in [-0.39, 0.29) is 18.3 Å². The zero-order valence-corrected chi connectivity index (χ0v) is 11.1. The Balaban J connectivity index is 2.01. The summed E-state index contributed by atoms with van der Waals surface area (Å²) in [5.74, 6) is 1.29. The third-order valence-corrected chi connectivity index (χ3v) is 4.07. The lowest BCUT2D eigenvalue weighted by Gasteiger charge is -2.09. The minimum absolute atomic E-state index is 0.213. The summed E-state index contributed by atoms with van der Waals surface area (Å²) < 4.78 is 6.62. The minimum atomic E-state index is 0.213. The molecule has 0 amide bonds. The fraction of sp³-hybridized carbons (Fsp3) is 0.462. The van der Waals surface area contributed by atoms with Crippen molar-refractivity contribution in [3.05, 3.63) is 27.7 Å². The Morgan fingerprint density at radius 1 is 1.38 bits per heavy atom. The van der Waals surface area contributed by atoms with Crippen LogP contribution in [0.25, 0.3) is 0 Å². The third kappa shape index (κ3) is 2.64. The average molecular weight is 283 g/mol. The van der Waals surface area contributed by atoms with Crippen LogP contribution in [0.5, 0.6) is 5.75 Å². The molecule has 86 valence electrons. The molecule has 0 radical (unpaired) electrons. The van der Waals surface area contributed by atoms with E-state index in [4.69, 9.17) is 4.74 Å². The van der Waals surface area contributed by atoms with Gasteiger partial charge in [-0.1, -0.05) is 15.9 Å². The molecule has 0 N–H and O–H groups in total. The fourth-order valence-electron chi connectivity index (χ4n) is 1.67. The van der Waals surface area contributed by atoms with Gasteiger partial charge in [0.05, 0.1) is 0 Å². The van der Waals surface area contributed by atoms with Crippen LogP contribution in [0.4, 0.5) is 0 Å². The summed E-state index contributed by atoms with van der Waals surface area (Å²) >= 11 is 3.50. The number of aryl methyl sites for hydroxylation is 2. The number of rotatable bonds is 4. The molecule has 0 aromatic heterocycles. The Morgan fingerprint density at radius 3 is 2.44 bits per heavy atom. The molecule has 0 spiro atoms. The summed E-state index contributed by atoms with van der Waals surface area (Å²) in [7, 11) is 0. The van der Waals surface area contributed by atoms with Gasteiger partial charge in [-0.2, -0.15) is 0 Å². The monoisotopic (exact) mass is 282 g/mol. The van der Waals surface area contributed by atoms with E-state index in [2.05, 4.69) is 15.9 Å². The zero-order chi connectivity index (χ0) is 11.7. The van der Waals surface area contributed by atoms with Crippen LogP contribution in [-0.4, -0.2) is 12.4 Å². The highest BCUT2D eigenvalue weighted by atomic mass is 79.9. The van der Waals surface area contributed by atoms with Crippen molar-refractivity contribution in [3.8, 4) is 5.75 Å². The Bertz CT molecular complexity index is 399. The summed E-state index contributed by atoms with van der Waals surface area (Å²) in [6, 6.07) is 3.91. The van der Waals surface area contributed by atoms with Gasteiger partial charge in [-0.15, -0.1) is 0 Å². The first-order chi connectivity index (χ1) is 7.58. The second-order valence-corrected chi connectivity index (χ2v) is 5.19. The van der Waals surface area contributed by atoms with Crippen molar-refractivity contribution >= 4 is 21.7 Å². The van der Waals surface area contributed by atoms with E-state index in [0.717, 1.165) is 34.2 Å². The van der Waals surface area contributed by atoms with Gasteiger partial charge in [0.1, 0.15) is 12.4 Å². The molecule has 0 atom stereocenters. The van der Waals surface area contributed by atoms with Gasteiger partial charge in [0.15, 0.2) is 5.78 Å². The molecule has 0 heterocycles. The number of benzene rings is 1. The molecule has 0 bridgehead atoms. The molecule has 3 heteroatoms. The summed E-state index contributed by atoms with van der Waals surface area (Å²) in [6.07, 6.45) is 2.08. The van der Waals surface area contributed by atoms with Crippen LogP contribution in [0.3, 0.4) is 0 Å². The maximum Gasteiger partial charge on any atom is 0.173 e. The van der Waals surface area contributed by atoms with Crippen molar-refractivity contribution in [2.24, 2.45) is 5.92 Å². The van der Waals surface area contributed by atoms with Crippen LogP contribution < -0.4 is 4.74 Å². The van der Waals surface area contributed by atoms with Gasteiger partial charge in [-0.25, -0.2) is 0 Å². The van der Waals surface area contributed by atoms with Crippen LogP contribution in [0, 0.1) is 19.8 Å². The number of Topliss-reactive ketones (excluding diaryl/α,β-unsaturated/α-hetero) is 1. The van der Waals surface area contributed by atoms with E-state index in [0.29, 0.717) is 0 Å². The lowest BCUT2D eigenvalue weighted by molar-refractivity contribution is -0.122. The highest BCUT2D eigenvalue weighted by Crippen LogP contribution is 2.30.